The van der Waals surface area contributed by atoms with Crippen molar-refractivity contribution in [3.05, 3.63) is 64.7 Å². The molecule has 0 amide bonds. The molecule has 0 spiro atoms. The minimum atomic E-state index is -3.77. The van der Waals surface area contributed by atoms with Crippen LogP contribution in [0.2, 0.25) is 5.02 Å². The summed E-state index contributed by atoms with van der Waals surface area (Å²) in [6.07, 6.45) is 0. The molecule has 0 aliphatic carbocycles. The van der Waals surface area contributed by atoms with E-state index in [4.69, 9.17) is 11.6 Å². The van der Waals surface area contributed by atoms with Crippen LogP contribution in [0.5, 0.6) is 11.5 Å². The van der Waals surface area contributed by atoms with Crippen LogP contribution in [0.15, 0.2) is 52.7 Å². The van der Waals surface area contributed by atoms with Crippen LogP contribution in [-0.2, 0) is 20.3 Å². The van der Waals surface area contributed by atoms with Crippen LogP contribution in [0.4, 0.5) is 0 Å². The summed E-state index contributed by atoms with van der Waals surface area (Å²) >= 11 is 7.15. The molecule has 2 aromatic carbocycles. The van der Waals surface area contributed by atoms with Gasteiger partial charge in [0.2, 0.25) is 0 Å². The van der Waals surface area contributed by atoms with Crippen LogP contribution >= 0.6 is 22.9 Å². The number of rotatable bonds is 5. The highest BCUT2D eigenvalue weighted by Crippen LogP contribution is 2.42. The summed E-state index contributed by atoms with van der Waals surface area (Å²) in [5, 5.41) is 20.2. The van der Waals surface area contributed by atoms with E-state index in [2.05, 4.69) is 4.74 Å². The molecule has 3 rings (SSSR count). The minimum Gasteiger partial charge on any atom is -0.507 e. The van der Waals surface area contributed by atoms with Crippen molar-refractivity contribution < 1.29 is 28.2 Å². The highest BCUT2D eigenvalue weighted by Gasteiger charge is 2.23. The molecule has 1 aromatic heterocycles. The van der Waals surface area contributed by atoms with Gasteiger partial charge in [0, 0.05) is 5.56 Å². The molecule has 0 fully saturated rings. The standard InChI is InChI=1S/C19H15ClO6S2/c1-26-19(23)13-7-6-11(8-16(13)22)10-28(24,25)17-9-14(20)18(27-17)12-4-2-3-5-15(12)21/h2-9,21-22H,10H2,1H3. The fraction of sp³-hybridized carbons (Fsp3) is 0.105. The van der Waals surface area contributed by atoms with Gasteiger partial charge in [-0.05, 0) is 35.9 Å². The first-order valence-electron chi connectivity index (χ1n) is 7.93. The van der Waals surface area contributed by atoms with Gasteiger partial charge in [-0.15, -0.1) is 11.3 Å². The van der Waals surface area contributed by atoms with E-state index in [0.29, 0.717) is 16.0 Å². The fourth-order valence-electron chi connectivity index (χ4n) is 2.59. The smallest absolute Gasteiger partial charge is 0.341 e. The molecule has 9 heteroatoms. The van der Waals surface area contributed by atoms with Gasteiger partial charge in [0.15, 0.2) is 9.84 Å². The van der Waals surface area contributed by atoms with Crippen LogP contribution in [0.1, 0.15) is 15.9 Å². The lowest BCUT2D eigenvalue weighted by Crippen LogP contribution is -2.05. The number of phenols is 2. The molecular formula is C19H15ClO6S2. The van der Waals surface area contributed by atoms with Crippen LogP contribution < -0.4 is 0 Å². The van der Waals surface area contributed by atoms with E-state index in [0.717, 1.165) is 11.3 Å². The van der Waals surface area contributed by atoms with Gasteiger partial charge in [-0.3, -0.25) is 0 Å². The van der Waals surface area contributed by atoms with Gasteiger partial charge in [0.1, 0.15) is 21.3 Å². The molecule has 146 valence electrons. The first-order chi connectivity index (χ1) is 13.2. The summed E-state index contributed by atoms with van der Waals surface area (Å²) in [5.41, 5.74) is 0.697. The van der Waals surface area contributed by atoms with Gasteiger partial charge in [-0.2, -0.15) is 0 Å². The Balaban J connectivity index is 1.92. The number of hydrogen-bond acceptors (Lipinski definition) is 7. The number of para-hydroxylation sites is 1. The molecule has 6 nitrogen and oxygen atoms in total. The lowest BCUT2D eigenvalue weighted by Gasteiger charge is -2.06. The van der Waals surface area contributed by atoms with E-state index >= 15 is 0 Å². The van der Waals surface area contributed by atoms with Crippen molar-refractivity contribution in [2.24, 2.45) is 0 Å². The second-order valence-electron chi connectivity index (χ2n) is 5.86. The Morgan fingerprint density at radius 1 is 1.11 bits per heavy atom. The van der Waals surface area contributed by atoms with Gasteiger partial charge in [-0.1, -0.05) is 29.8 Å². The van der Waals surface area contributed by atoms with Gasteiger partial charge in [0.25, 0.3) is 0 Å². The SMILES string of the molecule is COC(=O)c1ccc(CS(=O)(=O)c2cc(Cl)c(-c3ccccc3O)s2)cc1O. The third-order valence-corrected chi connectivity index (χ3v) is 7.77. The number of halogens is 1. The molecule has 0 unspecified atom stereocenters. The summed E-state index contributed by atoms with van der Waals surface area (Å²) in [6.45, 7) is 0. The Hall–Kier alpha value is -2.55. The van der Waals surface area contributed by atoms with Crippen molar-refractivity contribution in [2.75, 3.05) is 7.11 Å². The number of benzene rings is 2. The number of esters is 1. The average Bonchev–Trinajstić information content (AvgIpc) is 3.04. The lowest BCUT2D eigenvalue weighted by molar-refractivity contribution is 0.0597. The molecule has 0 radical (unpaired) electrons. The summed E-state index contributed by atoms with van der Waals surface area (Å²) in [7, 11) is -2.58. The van der Waals surface area contributed by atoms with E-state index in [-0.39, 0.29) is 32.0 Å². The largest absolute Gasteiger partial charge is 0.507 e. The van der Waals surface area contributed by atoms with Crippen LogP contribution in [0.3, 0.4) is 0 Å². The molecule has 0 saturated heterocycles. The summed E-state index contributed by atoms with van der Waals surface area (Å²) in [4.78, 5) is 12.0. The lowest BCUT2D eigenvalue weighted by atomic mass is 10.1. The van der Waals surface area contributed by atoms with Crippen molar-refractivity contribution in [1.29, 1.82) is 0 Å². The van der Waals surface area contributed by atoms with Crippen molar-refractivity contribution in [2.45, 2.75) is 9.96 Å². The quantitative estimate of drug-likeness (QED) is 0.578. The van der Waals surface area contributed by atoms with Crippen molar-refractivity contribution in [3.63, 3.8) is 0 Å². The molecule has 1 heterocycles. The summed E-state index contributed by atoms with van der Waals surface area (Å²) in [5.74, 6) is -1.47. The van der Waals surface area contributed by atoms with Crippen LogP contribution in [0, 0.1) is 0 Å². The molecule has 0 aliphatic rings. The Kier molecular flexibility index (Phi) is 5.64. The number of hydrogen-bond donors (Lipinski definition) is 2. The Labute approximate surface area is 170 Å². The van der Waals surface area contributed by atoms with Gasteiger partial charge in [0.05, 0.1) is 22.8 Å². The maximum atomic E-state index is 12.8. The van der Waals surface area contributed by atoms with Crippen molar-refractivity contribution >= 4 is 38.7 Å². The Morgan fingerprint density at radius 2 is 1.82 bits per heavy atom. The predicted molar refractivity (Wildman–Crippen MR) is 107 cm³/mol. The van der Waals surface area contributed by atoms with Crippen molar-refractivity contribution in [3.8, 4) is 21.9 Å². The zero-order chi connectivity index (χ0) is 20.5. The summed E-state index contributed by atoms with van der Waals surface area (Å²) in [6, 6.07) is 11.8. The number of methoxy groups -OCH3 is 1. The first kappa shape index (κ1) is 20.2. The second-order valence-corrected chi connectivity index (χ2v) is 9.54. The van der Waals surface area contributed by atoms with E-state index in [9.17, 15) is 23.4 Å². The third-order valence-electron chi connectivity index (χ3n) is 3.94. The van der Waals surface area contributed by atoms with Gasteiger partial charge < -0.3 is 14.9 Å². The number of carbonyl (C=O) groups excluding carboxylic acids is 1. The maximum absolute atomic E-state index is 12.8. The fourth-order valence-corrected chi connectivity index (χ4v) is 5.86. The third kappa shape index (κ3) is 3.99. The minimum absolute atomic E-state index is 0.00137. The molecule has 28 heavy (non-hydrogen) atoms. The number of ether oxygens (including phenoxy) is 1. The monoisotopic (exact) mass is 438 g/mol. The number of phenolic OH excluding ortho intramolecular Hbond substituents is 2. The molecule has 2 N–H and O–H groups in total. The first-order valence-corrected chi connectivity index (χ1v) is 10.8. The predicted octanol–water partition coefficient (Wildman–Crippen LogP) is 4.24. The maximum Gasteiger partial charge on any atom is 0.341 e. The zero-order valence-electron chi connectivity index (χ0n) is 14.5. The zero-order valence-corrected chi connectivity index (χ0v) is 16.9. The van der Waals surface area contributed by atoms with Crippen LogP contribution in [0.25, 0.3) is 10.4 Å². The molecule has 0 bridgehead atoms. The van der Waals surface area contributed by atoms with E-state index in [1.54, 1.807) is 18.2 Å². The van der Waals surface area contributed by atoms with E-state index in [1.165, 1.54) is 37.4 Å². The normalized spacial score (nSPS) is 11.4. The molecule has 0 atom stereocenters. The van der Waals surface area contributed by atoms with E-state index < -0.39 is 15.8 Å². The number of thiophene rings is 1. The number of sulfone groups is 1. The van der Waals surface area contributed by atoms with Crippen molar-refractivity contribution in [1.82, 2.24) is 0 Å². The number of aromatic hydroxyl groups is 2. The Morgan fingerprint density at radius 3 is 2.46 bits per heavy atom. The second kappa shape index (κ2) is 7.83. The molecular weight excluding hydrogens is 424 g/mol. The van der Waals surface area contributed by atoms with Gasteiger partial charge >= 0.3 is 5.97 Å². The topological polar surface area (TPSA) is 101 Å². The van der Waals surface area contributed by atoms with Crippen LogP contribution in [-0.4, -0.2) is 31.7 Å². The average molecular weight is 439 g/mol. The summed E-state index contributed by atoms with van der Waals surface area (Å²) < 4.78 is 30.2. The van der Waals surface area contributed by atoms with E-state index in [1.807, 2.05) is 0 Å². The molecule has 0 aliphatic heterocycles. The number of carbonyl (C=O) groups is 1. The highest BCUT2D eigenvalue weighted by molar-refractivity contribution is 7.92. The van der Waals surface area contributed by atoms with Gasteiger partial charge in [-0.25, -0.2) is 13.2 Å². The highest BCUT2D eigenvalue weighted by atomic mass is 35.5. The molecule has 0 saturated carbocycles. The molecule has 3 aromatic rings. The Bertz CT molecular complexity index is 1150.